The van der Waals surface area contributed by atoms with Crippen LogP contribution in [-0.4, -0.2) is 37.2 Å². The summed E-state index contributed by atoms with van der Waals surface area (Å²) in [5.74, 6) is 0.103. The predicted molar refractivity (Wildman–Crippen MR) is 75.4 cm³/mol. The number of amides is 1. The van der Waals surface area contributed by atoms with E-state index in [2.05, 4.69) is 5.32 Å². The molecule has 21 heavy (non-hydrogen) atoms. The minimum absolute atomic E-state index is 0.137. The van der Waals surface area contributed by atoms with Gasteiger partial charge in [0, 0.05) is 6.54 Å². The van der Waals surface area contributed by atoms with Crippen LogP contribution < -0.4 is 14.8 Å². The van der Waals surface area contributed by atoms with Crippen molar-refractivity contribution in [3.8, 4) is 11.5 Å². The lowest BCUT2D eigenvalue weighted by Gasteiger charge is -2.37. The molecule has 1 aliphatic rings. The second-order valence-electron chi connectivity index (χ2n) is 5.18. The highest BCUT2D eigenvalue weighted by molar-refractivity contribution is 5.80. The standard InChI is InChI=1S/C15H19NO5/c1-20-11-3-5-12(6-4-11)21-9-13(17)16-10-15(14(18)19)7-2-8-15/h3-6H,2,7-10H2,1H3,(H,16,17)(H,18,19). The van der Waals surface area contributed by atoms with E-state index in [0.717, 1.165) is 6.42 Å². The van der Waals surface area contributed by atoms with E-state index in [1.807, 2.05) is 0 Å². The van der Waals surface area contributed by atoms with E-state index >= 15 is 0 Å². The van der Waals surface area contributed by atoms with Crippen molar-refractivity contribution in [2.75, 3.05) is 20.3 Å². The molecule has 1 aliphatic carbocycles. The Hall–Kier alpha value is -2.24. The first-order valence-electron chi connectivity index (χ1n) is 6.83. The molecule has 1 amide bonds. The zero-order chi connectivity index (χ0) is 15.3. The molecule has 0 atom stereocenters. The van der Waals surface area contributed by atoms with Crippen molar-refractivity contribution in [1.82, 2.24) is 5.32 Å². The van der Waals surface area contributed by atoms with E-state index < -0.39 is 11.4 Å². The topological polar surface area (TPSA) is 84.9 Å². The van der Waals surface area contributed by atoms with Gasteiger partial charge in [-0.05, 0) is 37.1 Å². The maximum atomic E-state index is 11.7. The van der Waals surface area contributed by atoms with Crippen LogP contribution in [0.1, 0.15) is 19.3 Å². The lowest BCUT2D eigenvalue weighted by molar-refractivity contribution is -0.154. The van der Waals surface area contributed by atoms with E-state index in [1.54, 1.807) is 31.4 Å². The van der Waals surface area contributed by atoms with Crippen LogP contribution in [0.4, 0.5) is 0 Å². The molecule has 6 heteroatoms. The second-order valence-corrected chi connectivity index (χ2v) is 5.18. The molecule has 0 spiro atoms. The summed E-state index contributed by atoms with van der Waals surface area (Å²) in [7, 11) is 1.57. The zero-order valence-electron chi connectivity index (χ0n) is 11.9. The quantitative estimate of drug-likeness (QED) is 0.794. The zero-order valence-corrected chi connectivity index (χ0v) is 11.9. The molecular weight excluding hydrogens is 274 g/mol. The Bertz CT molecular complexity index is 507. The van der Waals surface area contributed by atoms with Crippen LogP contribution in [0.15, 0.2) is 24.3 Å². The number of rotatable bonds is 7. The van der Waals surface area contributed by atoms with Gasteiger partial charge in [-0.15, -0.1) is 0 Å². The summed E-state index contributed by atoms with van der Waals surface area (Å²) in [6, 6.07) is 6.88. The Morgan fingerprint density at radius 1 is 1.24 bits per heavy atom. The summed E-state index contributed by atoms with van der Waals surface area (Å²) in [4.78, 5) is 22.9. The van der Waals surface area contributed by atoms with E-state index in [-0.39, 0.29) is 19.1 Å². The number of carboxylic acids is 1. The number of carboxylic acid groups (broad SMARTS) is 1. The number of hydrogen-bond acceptors (Lipinski definition) is 4. The molecular formula is C15H19NO5. The summed E-state index contributed by atoms with van der Waals surface area (Å²) >= 11 is 0. The molecule has 0 radical (unpaired) electrons. The number of benzene rings is 1. The molecule has 2 rings (SSSR count). The van der Waals surface area contributed by atoms with Gasteiger partial charge in [-0.2, -0.15) is 0 Å². The van der Waals surface area contributed by atoms with E-state index in [9.17, 15) is 9.59 Å². The van der Waals surface area contributed by atoms with Crippen LogP contribution in [0.2, 0.25) is 0 Å². The molecule has 0 aromatic heterocycles. The number of carbonyl (C=O) groups excluding carboxylic acids is 1. The molecule has 0 unspecified atom stereocenters. The van der Waals surface area contributed by atoms with Crippen molar-refractivity contribution in [1.29, 1.82) is 0 Å². The Morgan fingerprint density at radius 2 is 1.86 bits per heavy atom. The fraction of sp³-hybridized carbons (Fsp3) is 0.467. The summed E-state index contributed by atoms with van der Waals surface area (Å²) in [6.45, 7) is 0.0230. The fourth-order valence-corrected chi connectivity index (χ4v) is 2.21. The normalized spacial score (nSPS) is 15.7. The maximum Gasteiger partial charge on any atom is 0.311 e. The highest BCUT2D eigenvalue weighted by atomic mass is 16.5. The van der Waals surface area contributed by atoms with Crippen molar-refractivity contribution in [2.24, 2.45) is 5.41 Å². The molecule has 114 valence electrons. The van der Waals surface area contributed by atoms with E-state index in [1.165, 1.54) is 0 Å². The Labute approximate surface area is 123 Å². The number of aliphatic carboxylic acids is 1. The Kier molecular flexibility index (Phi) is 4.67. The van der Waals surface area contributed by atoms with Crippen molar-refractivity contribution < 1.29 is 24.2 Å². The molecule has 6 nitrogen and oxygen atoms in total. The summed E-state index contributed by atoms with van der Waals surface area (Å²) in [5.41, 5.74) is -0.782. The smallest absolute Gasteiger partial charge is 0.311 e. The fourth-order valence-electron chi connectivity index (χ4n) is 2.21. The third kappa shape index (κ3) is 3.65. The molecule has 1 fully saturated rings. The Morgan fingerprint density at radius 3 is 2.33 bits per heavy atom. The second kappa shape index (κ2) is 6.47. The van der Waals surface area contributed by atoms with Crippen LogP contribution in [0.5, 0.6) is 11.5 Å². The maximum absolute atomic E-state index is 11.7. The average Bonchev–Trinajstić information content (AvgIpc) is 2.44. The highest BCUT2D eigenvalue weighted by Gasteiger charge is 2.44. The van der Waals surface area contributed by atoms with Crippen LogP contribution in [0.25, 0.3) is 0 Å². The SMILES string of the molecule is COc1ccc(OCC(=O)NCC2(C(=O)O)CCC2)cc1. The van der Waals surface area contributed by atoms with Gasteiger partial charge in [-0.3, -0.25) is 9.59 Å². The minimum Gasteiger partial charge on any atom is -0.497 e. The van der Waals surface area contributed by atoms with Crippen LogP contribution in [0.3, 0.4) is 0 Å². The molecule has 1 aromatic rings. The van der Waals surface area contributed by atoms with Gasteiger partial charge < -0.3 is 19.9 Å². The number of nitrogens with one attached hydrogen (secondary N) is 1. The molecule has 1 aromatic carbocycles. The third-order valence-corrected chi connectivity index (χ3v) is 3.82. The first kappa shape index (κ1) is 15.2. The average molecular weight is 293 g/mol. The molecule has 0 heterocycles. The number of ether oxygens (including phenoxy) is 2. The van der Waals surface area contributed by atoms with E-state index in [0.29, 0.717) is 24.3 Å². The molecule has 1 saturated carbocycles. The monoisotopic (exact) mass is 293 g/mol. The Balaban J connectivity index is 1.75. The van der Waals surface area contributed by atoms with Gasteiger partial charge in [0.05, 0.1) is 12.5 Å². The third-order valence-electron chi connectivity index (χ3n) is 3.82. The lowest BCUT2D eigenvalue weighted by Crippen LogP contribution is -2.48. The minimum atomic E-state index is -0.842. The van der Waals surface area contributed by atoms with Crippen molar-refractivity contribution in [2.45, 2.75) is 19.3 Å². The van der Waals surface area contributed by atoms with Crippen molar-refractivity contribution in [3.05, 3.63) is 24.3 Å². The first-order valence-corrected chi connectivity index (χ1v) is 6.83. The lowest BCUT2D eigenvalue weighted by atomic mass is 9.69. The number of methoxy groups -OCH3 is 1. The van der Waals surface area contributed by atoms with Gasteiger partial charge in [-0.25, -0.2) is 0 Å². The molecule has 0 saturated heterocycles. The van der Waals surface area contributed by atoms with Gasteiger partial charge in [0.1, 0.15) is 11.5 Å². The van der Waals surface area contributed by atoms with Gasteiger partial charge in [-0.1, -0.05) is 6.42 Å². The van der Waals surface area contributed by atoms with Crippen LogP contribution in [0, 0.1) is 5.41 Å². The predicted octanol–water partition coefficient (Wildman–Crippen LogP) is 1.45. The van der Waals surface area contributed by atoms with Crippen molar-refractivity contribution >= 4 is 11.9 Å². The van der Waals surface area contributed by atoms with Gasteiger partial charge in [0.2, 0.25) is 0 Å². The number of carbonyl (C=O) groups is 2. The molecule has 2 N–H and O–H groups in total. The molecule has 0 aliphatic heterocycles. The van der Waals surface area contributed by atoms with E-state index in [4.69, 9.17) is 14.6 Å². The van der Waals surface area contributed by atoms with Crippen LogP contribution >= 0.6 is 0 Å². The highest BCUT2D eigenvalue weighted by Crippen LogP contribution is 2.40. The first-order chi connectivity index (χ1) is 10.1. The van der Waals surface area contributed by atoms with Crippen LogP contribution in [-0.2, 0) is 9.59 Å². The molecule has 0 bridgehead atoms. The summed E-state index contributed by atoms with van der Waals surface area (Å²) < 4.78 is 10.4. The largest absolute Gasteiger partial charge is 0.497 e. The van der Waals surface area contributed by atoms with Gasteiger partial charge in [0.15, 0.2) is 6.61 Å². The summed E-state index contributed by atoms with van der Waals surface area (Å²) in [6.07, 6.45) is 2.12. The summed E-state index contributed by atoms with van der Waals surface area (Å²) in [5, 5.41) is 11.8. The van der Waals surface area contributed by atoms with Crippen molar-refractivity contribution in [3.63, 3.8) is 0 Å². The number of hydrogen-bond donors (Lipinski definition) is 2. The van der Waals surface area contributed by atoms with Gasteiger partial charge >= 0.3 is 5.97 Å². The van der Waals surface area contributed by atoms with Gasteiger partial charge in [0.25, 0.3) is 5.91 Å².